The van der Waals surface area contributed by atoms with E-state index in [-0.39, 0.29) is 11.9 Å². The van der Waals surface area contributed by atoms with Gasteiger partial charge in [-0.25, -0.2) is 5.01 Å². The number of hydrogen-bond acceptors (Lipinski definition) is 4. The van der Waals surface area contributed by atoms with E-state index in [1.165, 1.54) is 15.3 Å². The molecule has 1 amide bonds. The van der Waals surface area contributed by atoms with Crippen LogP contribution in [0.3, 0.4) is 0 Å². The molecule has 5 heteroatoms. The van der Waals surface area contributed by atoms with Crippen molar-refractivity contribution in [2.24, 2.45) is 16.9 Å². The molecular weight excluding hydrogens is 336 g/mol. The molecule has 24 heavy (non-hydrogen) atoms. The van der Waals surface area contributed by atoms with E-state index in [0.717, 1.165) is 18.6 Å². The average molecular weight is 357 g/mol. The summed E-state index contributed by atoms with van der Waals surface area (Å²) in [6, 6.07) is 8.47. The molecule has 0 saturated heterocycles. The van der Waals surface area contributed by atoms with Crippen LogP contribution >= 0.6 is 22.7 Å². The maximum absolute atomic E-state index is 12.2. The van der Waals surface area contributed by atoms with E-state index in [9.17, 15) is 4.79 Å². The lowest BCUT2D eigenvalue weighted by Crippen LogP contribution is -2.31. The monoisotopic (exact) mass is 356 g/mol. The van der Waals surface area contributed by atoms with Crippen molar-refractivity contribution in [3.8, 4) is 0 Å². The van der Waals surface area contributed by atoms with Crippen molar-refractivity contribution in [3.05, 3.63) is 50.4 Å². The molecule has 1 saturated carbocycles. The zero-order valence-electron chi connectivity index (χ0n) is 13.8. The molecule has 1 fully saturated rings. The van der Waals surface area contributed by atoms with Gasteiger partial charge in [0.05, 0.1) is 11.8 Å². The third kappa shape index (κ3) is 2.76. The number of rotatable bonds is 2. The number of hydrogen-bond donors (Lipinski definition) is 0. The van der Waals surface area contributed by atoms with Crippen LogP contribution in [-0.2, 0) is 4.79 Å². The first-order valence-electron chi connectivity index (χ1n) is 8.29. The molecule has 3 atom stereocenters. The summed E-state index contributed by atoms with van der Waals surface area (Å²) in [6.07, 6.45) is 4.39. The summed E-state index contributed by atoms with van der Waals surface area (Å²) in [4.78, 5) is 14.7. The quantitative estimate of drug-likeness (QED) is 0.728. The smallest absolute Gasteiger partial charge is 0.240 e. The second kappa shape index (κ2) is 6.30. The first-order valence-corrected chi connectivity index (χ1v) is 10.1. The fraction of sp³-hybridized carbons (Fsp3) is 0.368. The van der Waals surface area contributed by atoms with Crippen LogP contribution in [0.15, 0.2) is 45.7 Å². The second-order valence-electron chi connectivity index (χ2n) is 6.65. The van der Waals surface area contributed by atoms with Gasteiger partial charge in [-0.15, -0.1) is 22.7 Å². The highest BCUT2D eigenvalue weighted by Crippen LogP contribution is 2.47. The summed E-state index contributed by atoms with van der Waals surface area (Å²) in [5.41, 5.74) is 2.42. The van der Waals surface area contributed by atoms with Crippen LogP contribution in [0.5, 0.6) is 0 Å². The van der Waals surface area contributed by atoms with Crippen molar-refractivity contribution in [1.29, 1.82) is 0 Å². The van der Waals surface area contributed by atoms with Gasteiger partial charge in [0.1, 0.15) is 0 Å². The first kappa shape index (κ1) is 15.8. The van der Waals surface area contributed by atoms with E-state index < -0.39 is 0 Å². The molecule has 0 aromatic carbocycles. The lowest BCUT2D eigenvalue weighted by Gasteiger charge is -2.31. The number of thiophene rings is 2. The minimum atomic E-state index is 0.0263. The number of allylic oxidation sites excluding steroid dienone is 1. The minimum absolute atomic E-state index is 0.0263. The van der Waals surface area contributed by atoms with E-state index in [1.54, 1.807) is 34.6 Å². The van der Waals surface area contributed by atoms with Crippen LogP contribution in [-0.4, -0.2) is 16.6 Å². The van der Waals surface area contributed by atoms with Crippen molar-refractivity contribution in [1.82, 2.24) is 5.01 Å². The molecule has 0 unspecified atom stereocenters. The third-order valence-corrected chi connectivity index (χ3v) is 6.54. The molecule has 0 bridgehead atoms. The molecular formula is C19H20N2OS2. The van der Waals surface area contributed by atoms with Gasteiger partial charge in [0.2, 0.25) is 5.91 Å². The summed E-state index contributed by atoms with van der Waals surface area (Å²) in [5, 5.41) is 10.7. The number of carbonyl (C=O) groups excluding carboxylic acids is 1. The number of fused-ring (bicyclic) bond motifs is 1. The second-order valence-corrected chi connectivity index (χ2v) is 8.60. The zero-order chi connectivity index (χ0) is 16.7. The normalized spacial score (nSPS) is 28.1. The van der Waals surface area contributed by atoms with Crippen LogP contribution < -0.4 is 0 Å². The van der Waals surface area contributed by atoms with E-state index in [2.05, 4.69) is 48.0 Å². The predicted octanol–water partition coefficient (Wildman–Crippen LogP) is 5.20. The van der Waals surface area contributed by atoms with E-state index in [4.69, 9.17) is 5.10 Å². The topological polar surface area (TPSA) is 32.7 Å². The maximum atomic E-state index is 12.2. The van der Waals surface area contributed by atoms with Gasteiger partial charge >= 0.3 is 0 Å². The summed E-state index contributed by atoms with van der Waals surface area (Å²) in [5.74, 6) is 0.940. The number of nitrogens with zero attached hydrogens (tertiary/aromatic N) is 2. The molecule has 1 aliphatic carbocycles. The Kier molecular flexibility index (Phi) is 4.14. The average Bonchev–Trinajstić information content (AvgIpc) is 3.26. The van der Waals surface area contributed by atoms with Crippen molar-refractivity contribution >= 4 is 40.4 Å². The fourth-order valence-corrected chi connectivity index (χ4v) is 5.39. The molecule has 3 nitrogen and oxygen atoms in total. The zero-order valence-corrected chi connectivity index (χ0v) is 15.4. The molecule has 1 aliphatic heterocycles. The summed E-state index contributed by atoms with van der Waals surface area (Å²) < 4.78 is 0. The molecule has 0 spiro atoms. The molecule has 2 aromatic rings. The lowest BCUT2D eigenvalue weighted by atomic mass is 9.74. The molecule has 2 aromatic heterocycles. The Bertz CT molecular complexity index is 789. The Balaban J connectivity index is 1.77. The Morgan fingerprint density at radius 2 is 2.08 bits per heavy atom. The van der Waals surface area contributed by atoms with Crippen molar-refractivity contribution in [2.45, 2.75) is 32.7 Å². The highest BCUT2D eigenvalue weighted by atomic mass is 32.1. The van der Waals surface area contributed by atoms with Crippen LogP contribution in [0.1, 0.15) is 42.5 Å². The Labute approximate surface area is 150 Å². The SMILES string of the molecule is CC(=O)N1N=C2/C(=C/c3cccs3)C[C@@H](C)C[C@@H]2[C@H]1c1cccs1. The maximum Gasteiger partial charge on any atom is 0.240 e. The fourth-order valence-electron chi connectivity index (χ4n) is 3.83. The third-order valence-electron chi connectivity index (χ3n) is 4.78. The van der Waals surface area contributed by atoms with Crippen molar-refractivity contribution < 1.29 is 4.79 Å². The van der Waals surface area contributed by atoms with Crippen molar-refractivity contribution in [2.75, 3.05) is 0 Å². The summed E-state index contributed by atoms with van der Waals surface area (Å²) in [7, 11) is 0. The lowest BCUT2D eigenvalue weighted by molar-refractivity contribution is -0.131. The van der Waals surface area contributed by atoms with E-state index >= 15 is 0 Å². The summed E-state index contributed by atoms with van der Waals surface area (Å²) >= 11 is 3.47. The Morgan fingerprint density at radius 1 is 1.29 bits per heavy atom. The molecule has 0 N–H and O–H groups in total. The van der Waals surface area contributed by atoms with Gasteiger partial charge < -0.3 is 0 Å². The summed E-state index contributed by atoms with van der Waals surface area (Å²) in [6.45, 7) is 3.93. The molecule has 124 valence electrons. The number of hydrazone groups is 1. The molecule has 2 aliphatic rings. The van der Waals surface area contributed by atoms with Gasteiger partial charge in [-0.05, 0) is 53.3 Å². The number of amides is 1. The van der Waals surface area contributed by atoms with E-state index in [0.29, 0.717) is 11.8 Å². The van der Waals surface area contributed by atoms with Crippen LogP contribution in [0.25, 0.3) is 6.08 Å². The predicted molar refractivity (Wildman–Crippen MR) is 101 cm³/mol. The largest absolute Gasteiger partial charge is 0.273 e. The van der Waals surface area contributed by atoms with Crippen LogP contribution in [0.2, 0.25) is 0 Å². The first-order chi connectivity index (χ1) is 11.6. The van der Waals surface area contributed by atoms with Crippen LogP contribution in [0.4, 0.5) is 0 Å². The van der Waals surface area contributed by atoms with Gasteiger partial charge in [-0.1, -0.05) is 19.1 Å². The Hall–Kier alpha value is -1.72. The van der Waals surface area contributed by atoms with Gasteiger partial charge in [0.15, 0.2) is 0 Å². The highest BCUT2D eigenvalue weighted by molar-refractivity contribution is 7.11. The van der Waals surface area contributed by atoms with Gasteiger partial charge in [0, 0.05) is 22.6 Å². The Morgan fingerprint density at radius 3 is 2.75 bits per heavy atom. The number of carbonyl (C=O) groups is 1. The van der Waals surface area contributed by atoms with Gasteiger partial charge in [-0.2, -0.15) is 5.10 Å². The molecule has 4 rings (SSSR count). The van der Waals surface area contributed by atoms with Crippen LogP contribution in [0, 0.1) is 11.8 Å². The molecule has 0 radical (unpaired) electrons. The highest BCUT2D eigenvalue weighted by Gasteiger charge is 2.44. The van der Waals surface area contributed by atoms with E-state index in [1.807, 2.05) is 0 Å². The van der Waals surface area contributed by atoms with Gasteiger partial charge in [-0.3, -0.25) is 4.79 Å². The van der Waals surface area contributed by atoms with Gasteiger partial charge in [0.25, 0.3) is 0 Å². The minimum Gasteiger partial charge on any atom is -0.273 e. The molecule has 3 heterocycles. The standard InChI is InChI=1S/C19H20N2OS2/c1-12-9-14(11-15-5-3-7-23-15)18-16(10-12)19(17-6-4-8-24-17)21(20-18)13(2)22/h3-8,11-12,16,19H,9-10H2,1-2H3/b14-11+/t12-,16+,19+/m1/s1. The van der Waals surface area contributed by atoms with Crippen molar-refractivity contribution in [3.63, 3.8) is 0 Å².